The summed E-state index contributed by atoms with van der Waals surface area (Å²) in [6.45, 7) is 6.33. The van der Waals surface area contributed by atoms with Crippen LogP contribution in [0, 0.1) is 0 Å². The molecule has 1 unspecified atom stereocenters. The van der Waals surface area contributed by atoms with Crippen molar-refractivity contribution >= 4 is 0 Å². The summed E-state index contributed by atoms with van der Waals surface area (Å²) in [5, 5.41) is 0. The van der Waals surface area contributed by atoms with Gasteiger partial charge in [0.05, 0.1) is 0 Å². The fourth-order valence-electron chi connectivity index (χ4n) is 1.79. The van der Waals surface area contributed by atoms with Crippen LogP contribution < -0.4 is 11.5 Å². The minimum Gasteiger partial charge on any atom is -0.402 e. The molecule has 0 aliphatic heterocycles. The zero-order valence-corrected chi connectivity index (χ0v) is 8.85. The molecule has 0 heterocycles. The molecule has 2 heteroatoms. The topological polar surface area (TPSA) is 52.0 Å². The van der Waals surface area contributed by atoms with Crippen molar-refractivity contribution in [2.24, 2.45) is 11.5 Å². The largest absolute Gasteiger partial charge is 0.402 e. The van der Waals surface area contributed by atoms with Gasteiger partial charge in [0, 0.05) is 17.7 Å². The molecule has 0 fully saturated rings. The van der Waals surface area contributed by atoms with E-state index in [2.05, 4.69) is 26.8 Å². The quantitative estimate of drug-likeness (QED) is 0.683. The molecule has 0 aromatic heterocycles. The second-order valence-corrected chi connectivity index (χ2v) is 3.94. The smallest absolute Gasteiger partial charge is 0.0397 e. The van der Waals surface area contributed by atoms with Gasteiger partial charge in [-0.15, -0.1) is 0 Å². The molecule has 1 aliphatic rings. The average Bonchev–Trinajstić information content (AvgIpc) is 2.11. The molecule has 13 heavy (non-hydrogen) atoms. The first-order chi connectivity index (χ1) is 6.02. The summed E-state index contributed by atoms with van der Waals surface area (Å²) in [6, 6.07) is 0. The third kappa shape index (κ3) is 1.94. The van der Waals surface area contributed by atoms with Gasteiger partial charge >= 0.3 is 0 Å². The summed E-state index contributed by atoms with van der Waals surface area (Å²) in [5.41, 5.74) is 15.4. The SMILES string of the molecule is CCC1=CC(N)(CC)CC(N)=C1C. The van der Waals surface area contributed by atoms with Gasteiger partial charge in [-0.25, -0.2) is 0 Å². The average molecular weight is 180 g/mol. The van der Waals surface area contributed by atoms with Crippen molar-refractivity contribution in [3.05, 3.63) is 22.9 Å². The maximum absolute atomic E-state index is 6.19. The molecule has 4 N–H and O–H groups in total. The highest BCUT2D eigenvalue weighted by atomic mass is 14.8. The van der Waals surface area contributed by atoms with Crippen molar-refractivity contribution < 1.29 is 0 Å². The molecular formula is C11H20N2. The molecule has 0 radical (unpaired) electrons. The van der Waals surface area contributed by atoms with Crippen LogP contribution in [0.25, 0.3) is 0 Å². The van der Waals surface area contributed by atoms with Crippen LogP contribution in [0.15, 0.2) is 22.9 Å². The van der Waals surface area contributed by atoms with Crippen LogP contribution in [-0.4, -0.2) is 5.54 Å². The number of allylic oxidation sites excluding steroid dienone is 2. The Balaban J connectivity index is 3.02. The van der Waals surface area contributed by atoms with Crippen LogP contribution in [0.4, 0.5) is 0 Å². The monoisotopic (exact) mass is 180 g/mol. The van der Waals surface area contributed by atoms with Crippen molar-refractivity contribution in [3.63, 3.8) is 0 Å². The van der Waals surface area contributed by atoms with E-state index in [1.54, 1.807) is 0 Å². The molecule has 0 saturated carbocycles. The highest BCUT2D eigenvalue weighted by Crippen LogP contribution is 2.30. The van der Waals surface area contributed by atoms with E-state index in [4.69, 9.17) is 11.5 Å². The summed E-state index contributed by atoms with van der Waals surface area (Å²) in [7, 11) is 0. The predicted molar refractivity (Wildman–Crippen MR) is 57.1 cm³/mol. The summed E-state index contributed by atoms with van der Waals surface area (Å²) >= 11 is 0. The van der Waals surface area contributed by atoms with E-state index < -0.39 is 0 Å². The summed E-state index contributed by atoms with van der Waals surface area (Å²) in [4.78, 5) is 0. The van der Waals surface area contributed by atoms with Gasteiger partial charge in [0.1, 0.15) is 0 Å². The lowest BCUT2D eigenvalue weighted by Crippen LogP contribution is -2.40. The number of rotatable bonds is 2. The molecule has 0 aromatic rings. The molecule has 74 valence electrons. The Labute approximate surface area is 80.7 Å². The van der Waals surface area contributed by atoms with E-state index in [-0.39, 0.29) is 5.54 Å². The molecule has 1 rings (SSSR count). The molecule has 1 aliphatic carbocycles. The molecular weight excluding hydrogens is 160 g/mol. The Hall–Kier alpha value is -0.760. The first-order valence-corrected chi connectivity index (χ1v) is 4.98. The van der Waals surface area contributed by atoms with E-state index in [0.29, 0.717) is 0 Å². The maximum Gasteiger partial charge on any atom is 0.0397 e. The van der Waals surface area contributed by atoms with E-state index in [1.807, 2.05) is 0 Å². The number of hydrogen-bond donors (Lipinski definition) is 2. The van der Waals surface area contributed by atoms with Crippen LogP contribution in [0.2, 0.25) is 0 Å². The molecule has 0 amide bonds. The van der Waals surface area contributed by atoms with Crippen molar-refractivity contribution in [2.45, 2.75) is 45.6 Å². The van der Waals surface area contributed by atoms with Gasteiger partial charge in [0.15, 0.2) is 0 Å². The van der Waals surface area contributed by atoms with E-state index in [1.165, 1.54) is 11.1 Å². The lowest BCUT2D eigenvalue weighted by molar-refractivity contribution is 0.489. The molecule has 1 atom stereocenters. The van der Waals surface area contributed by atoms with Gasteiger partial charge in [-0.05, 0) is 30.9 Å². The lowest BCUT2D eigenvalue weighted by Gasteiger charge is -2.31. The lowest BCUT2D eigenvalue weighted by atomic mass is 9.81. The Kier molecular flexibility index (Phi) is 2.81. The van der Waals surface area contributed by atoms with E-state index in [0.717, 1.165) is 25.0 Å². The molecule has 0 aromatic carbocycles. The van der Waals surface area contributed by atoms with Crippen LogP contribution in [-0.2, 0) is 0 Å². The van der Waals surface area contributed by atoms with Crippen LogP contribution in [0.1, 0.15) is 40.0 Å². The third-order valence-electron chi connectivity index (χ3n) is 2.98. The van der Waals surface area contributed by atoms with Crippen LogP contribution in [0.5, 0.6) is 0 Å². The van der Waals surface area contributed by atoms with E-state index in [9.17, 15) is 0 Å². The van der Waals surface area contributed by atoms with Gasteiger partial charge in [0.25, 0.3) is 0 Å². The Morgan fingerprint density at radius 3 is 2.54 bits per heavy atom. The fourth-order valence-corrected chi connectivity index (χ4v) is 1.79. The van der Waals surface area contributed by atoms with E-state index >= 15 is 0 Å². The highest BCUT2D eigenvalue weighted by Gasteiger charge is 2.26. The highest BCUT2D eigenvalue weighted by molar-refractivity contribution is 5.40. The van der Waals surface area contributed by atoms with Crippen molar-refractivity contribution in [1.29, 1.82) is 0 Å². The molecule has 0 saturated heterocycles. The van der Waals surface area contributed by atoms with Gasteiger partial charge in [-0.1, -0.05) is 19.9 Å². The Morgan fingerprint density at radius 1 is 1.46 bits per heavy atom. The second kappa shape index (κ2) is 3.54. The Bertz CT molecular complexity index is 263. The minimum absolute atomic E-state index is 0.199. The van der Waals surface area contributed by atoms with Gasteiger partial charge in [-0.2, -0.15) is 0 Å². The molecule has 2 nitrogen and oxygen atoms in total. The fraction of sp³-hybridized carbons (Fsp3) is 0.636. The number of hydrogen-bond acceptors (Lipinski definition) is 2. The van der Waals surface area contributed by atoms with Gasteiger partial charge < -0.3 is 11.5 Å². The number of nitrogens with two attached hydrogens (primary N) is 2. The van der Waals surface area contributed by atoms with Crippen molar-refractivity contribution in [1.82, 2.24) is 0 Å². The summed E-state index contributed by atoms with van der Waals surface area (Å²) in [5.74, 6) is 0. The van der Waals surface area contributed by atoms with Crippen molar-refractivity contribution in [3.8, 4) is 0 Å². The van der Waals surface area contributed by atoms with Gasteiger partial charge in [-0.3, -0.25) is 0 Å². The second-order valence-electron chi connectivity index (χ2n) is 3.94. The Morgan fingerprint density at radius 2 is 2.08 bits per heavy atom. The first-order valence-electron chi connectivity index (χ1n) is 4.98. The standard InChI is InChI=1S/C11H20N2/c1-4-9-6-11(13,5-2)7-10(12)8(9)3/h6H,4-5,7,12-13H2,1-3H3. The zero-order valence-electron chi connectivity index (χ0n) is 8.85. The van der Waals surface area contributed by atoms with Crippen molar-refractivity contribution in [2.75, 3.05) is 0 Å². The minimum atomic E-state index is -0.199. The zero-order chi connectivity index (χ0) is 10.1. The van der Waals surface area contributed by atoms with Crippen LogP contribution >= 0.6 is 0 Å². The maximum atomic E-state index is 6.19. The summed E-state index contributed by atoms with van der Waals surface area (Å²) < 4.78 is 0. The molecule has 0 bridgehead atoms. The predicted octanol–water partition coefficient (Wildman–Crippen LogP) is 2.07. The normalized spacial score (nSPS) is 29.1. The third-order valence-corrected chi connectivity index (χ3v) is 2.98. The van der Waals surface area contributed by atoms with Gasteiger partial charge in [0.2, 0.25) is 0 Å². The van der Waals surface area contributed by atoms with Crippen LogP contribution in [0.3, 0.4) is 0 Å². The first kappa shape index (κ1) is 10.3. The summed E-state index contributed by atoms with van der Waals surface area (Å²) in [6.07, 6.45) is 4.97. The molecule has 0 spiro atoms.